The van der Waals surface area contributed by atoms with Crippen molar-refractivity contribution in [2.75, 3.05) is 19.8 Å². The predicted molar refractivity (Wildman–Crippen MR) is 88.8 cm³/mol. The van der Waals surface area contributed by atoms with Crippen molar-refractivity contribution in [3.8, 4) is 0 Å². The van der Waals surface area contributed by atoms with Crippen molar-refractivity contribution in [2.24, 2.45) is 5.92 Å². The molecule has 0 aromatic carbocycles. The van der Waals surface area contributed by atoms with Gasteiger partial charge in [-0.2, -0.15) is 5.10 Å². The average molecular weight is 337 g/mol. The number of hydrogen-bond donors (Lipinski definition) is 1. The molecule has 1 saturated heterocycles. The number of carbonyl (C=O) groups excluding carboxylic acids is 1. The molecule has 1 N–H and O–H groups in total. The Bertz CT molecular complexity index is 609. The standard InChI is InChI=1S/C17H27N3O4/c1-11(2)9-20-13(4)14(12(3)18-20)5-6-16(21)19-7-8-24-10-15(19)17(22)23/h11,15H,5-10H2,1-4H3,(H,22,23). The molecule has 1 aliphatic rings. The van der Waals surface area contributed by atoms with Crippen molar-refractivity contribution in [1.82, 2.24) is 14.7 Å². The van der Waals surface area contributed by atoms with Gasteiger partial charge in [-0.15, -0.1) is 0 Å². The summed E-state index contributed by atoms with van der Waals surface area (Å²) in [6.45, 7) is 9.90. The molecule has 1 aromatic rings. The zero-order chi connectivity index (χ0) is 17.9. The molecule has 2 heterocycles. The quantitative estimate of drug-likeness (QED) is 0.848. The van der Waals surface area contributed by atoms with Gasteiger partial charge in [0.25, 0.3) is 0 Å². The van der Waals surface area contributed by atoms with Crippen LogP contribution in [0.4, 0.5) is 0 Å². The number of aryl methyl sites for hydroxylation is 1. The number of carboxylic acids is 1. The lowest BCUT2D eigenvalue weighted by molar-refractivity contribution is -0.158. The van der Waals surface area contributed by atoms with Crippen LogP contribution >= 0.6 is 0 Å². The first-order valence-electron chi connectivity index (χ1n) is 8.44. The second-order valence-electron chi connectivity index (χ2n) is 6.74. The lowest BCUT2D eigenvalue weighted by Crippen LogP contribution is -2.52. The SMILES string of the molecule is Cc1nn(CC(C)C)c(C)c1CCC(=O)N1CCOCC1C(=O)O. The van der Waals surface area contributed by atoms with Gasteiger partial charge in [0.1, 0.15) is 0 Å². The summed E-state index contributed by atoms with van der Waals surface area (Å²) in [7, 11) is 0. The fourth-order valence-corrected chi connectivity index (χ4v) is 3.10. The Labute approximate surface area is 142 Å². The van der Waals surface area contributed by atoms with Gasteiger partial charge in [0.05, 0.1) is 18.9 Å². The molecular formula is C17H27N3O4. The molecule has 7 heteroatoms. The normalized spacial score (nSPS) is 18.2. The Balaban J connectivity index is 2.03. The molecule has 7 nitrogen and oxygen atoms in total. The average Bonchev–Trinajstić information content (AvgIpc) is 2.78. The minimum Gasteiger partial charge on any atom is -0.480 e. The van der Waals surface area contributed by atoms with Crippen molar-refractivity contribution in [2.45, 2.75) is 53.1 Å². The first kappa shape index (κ1) is 18.4. The van der Waals surface area contributed by atoms with E-state index in [9.17, 15) is 14.7 Å². The number of amides is 1. The highest BCUT2D eigenvalue weighted by Gasteiger charge is 2.32. The highest BCUT2D eigenvalue weighted by Crippen LogP contribution is 2.18. The number of morpholine rings is 1. The molecule has 0 bridgehead atoms. The van der Waals surface area contributed by atoms with E-state index in [4.69, 9.17) is 4.74 Å². The van der Waals surface area contributed by atoms with E-state index in [0.29, 0.717) is 31.9 Å². The Morgan fingerprint density at radius 1 is 1.38 bits per heavy atom. The number of rotatable bonds is 6. The summed E-state index contributed by atoms with van der Waals surface area (Å²) in [6, 6.07) is -0.878. The van der Waals surface area contributed by atoms with Crippen LogP contribution in [0.3, 0.4) is 0 Å². The fourth-order valence-electron chi connectivity index (χ4n) is 3.10. The van der Waals surface area contributed by atoms with Crippen molar-refractivity contribution in [3.05, 3.63) is 17.0 Å². The van der Waals surface area contributed by atoms with Crippen LogP contribution < -0.4 is 0 Å². The van der Waals surface area contributed by atoms with Crippen molar-refractivity contribution < 1.29 is 19.4 Å². The number of carboxylic acid groups (broad SMARTS) is 1. The maximum absolute atomic E-state index is 12.5. The first-order chi connectivity index (χ1) is 11.3. The van der Waals surface area contributed by atoms with E-state index in [2.05, 4.69) is 18.9 Å². The lowest BCUT2D eigenvalue weighted by Gasteiger charge is -2.32. The molecule has 1 aliphatic heterocycles. The molecule has 1 atom stereocenters. The van der Waals surface area contributed by atoms with Gasteiger partial charge in [-0.05, 0) is 31.7 Å². The number of ether oxygens (including phenoxy) is 1. The number of aliphatic carboxylic acids is 1. The molecular weight excluding hydrogens is 310 g/mol. The van der Waals surface area contributed by atoms with Crippen LogP contribution in [0, 0.1) is 19.8 Å². The van der Waals surface area contributed by atoms with Gasteiger partial charge in [-0.3, -0.25) is 9.48 Å². The monoisotopic (exact) mass is 337 g/mol. The maximum Gasteiger partial charge on any atom is 0.328 e. The maximum atomic E-state index is 12.5. The molecule has 1 unspecified atom stereocenters. The van der Waals surface area contributed by atoms with Crippen LogP contribution in [-0.4, -0.2) is 57.5 Å². The third-order valence-corrected chi connectivity index (χ3v) is 4.39. The third-order valence-electron chi connectivity index (χ3n) is 4.39. The number of hydrogen-bond acceptors (Lipinski definition) is 4. The van der Waals surface area contributed by atoms with Gasteiger partial charge in [-0.25, -0.2) is 4.79 Å². The van der Waals surface area contributed by atoms with E-state index in [0.717, 1.165) is 23.5 Å². The fraction of sp³-hybridized carbons (Fsp3) is 0.706. The lowest BCUT2D eigenvalue weighted by atomic mass is 10.1. The van der Waals surface area contributed by atoms with Crippen molar-refractivity contribution >= 4 is 11.9 Å². The van der Waals surface area contributed by atoms with Gasteiger partial charge in [0, 0.05) is 25.2 Å². The summed E-state index contributed by atoms with van der Waals surface area (Å²) in [6.07, 6.45) is 0.872. The smallest absolute Gasteiger partial charge is 0.328 e. The molecule has 0 radical (unpaired) electrons. The van der Waals surface area contributed by atoms with Crippen LogP contribution in [-0.2, 0) is 27.3 Å². The van der Waals surface area contributed by atoms with Crippen LogP contribution in [0.25, 0.3) is 0 Å². The zero-order valence-corrected chi connectivity index (χ0v) is 14.9. The van der Waals surface area contributed by atoms with E-state index in [1.165, 1.54) is 4.90 Å². The minimum atomic E-state index is -1.01. The van der Waals surface area contributed by atoms with E-state index in [1.807, 2.05) is 18.5 Å². The molecule has 1 amide bonds. The molecule has 24 heavy (non-hydrogen) atoms. The van der Waals surface area contributed by atoms with Crippen LogP contribution in [0.15, 0.2) is 0 Å². The summed E-state index contributed by atoms with van der Waals surface area (Å²) >= 11 is 0. The summed E-state index contributed by atoms with van der Waals surface area (Å²) in [5.74, 6) is -0.650. The van der Waals surface area contributed by atoms with Crippen LogP contribution in [0.2, 0.25) is 0 Å². The molecule has 1 aromatic heterocycles. The van der Waals surface area contributed by atoms with E-state index in [1.54, 1.807) is 0 Å². The Morgan fingerprint density at radius 3 is 2.71 bits per heavy atom. The predicted octanol–water partition coefficient (Wildman–Crippen LogP) is 1.40. The first-order valence-corrected chi connectivity index (χ1v) is 8.44. The molecule has 0 spiro atoms. The summed E-state index contributed by atoms with van der Waals surface area (Å²) in [5, 5.41) is 13.8. The summed E-state index contributed by atoms with van der Waals surface area (Å²) < 4.78 is 7.17. The largest absolute Gasteiger partial charge is 0.480 e. The Hall–Kier alpha value is -1.89. The van der Waals surface area contributed by atoms with E-state index in [-0.39, 0.29) is 12.5 Å². The molecule has 2 rings (SSSR count). The summed E-state index contributed by atoms with van der Waals surface area (Å²) in [4.78, 5) is 25.2. The van der Waals surface area contributed by atoms with Gasteiger partial charge in [0.15, 0.2) is 6.04 Å². The number of aromatic nitrogens is 2. The Morgan fingerprint density at radius 2 is 2.08 bits per heavy atom. The highest BCUT2D eigenvalue weighted by atomic mass is 16.5. The Kier molecular flexibility index (Phi) is 5.99. The van der Waals surface area contributed by atoms with E-state index >= 15 is 0 Å². The van der Waals surface area contributed by atoms with Crippen molar-refractivity contribution in [1.29, 1.82) is 0 Å². The second kappa shape index (κ2) is 7.79. The zero-order valence-electron chi connectivity index (χ0n) is 14.9. The van der Waals surface area contributed by atoms with Gasteiger partial charge >= 0.3 is 5.97 Å². The summed E-state index contributed by atoms with van der Waals surface area (Å²) in [5.41, 5.74) is 3.12. The topological polar surface area (TPSA) is 84.7 Å². The molecule has 0 saturated carbocycles. The second-order valence-corrected chi connectivity index (χ2v) is 6.74. The van der Waals surface area contributed by atoms with Gasteiger partial charge < -0.3 is 14.7 Å². The van der Waals surface area contributed by atoms with Crippen LogP contribution in [0.1, 0.15) is 37.2 Å². The van der Waals surface area contributed by atoms with Gasteiger partial charge in [0.2, 0.25) is 5.91 Å². The molecule has 0 aliphatic carbocycles. The molecule has 134 valence electrons. The third kappa shape index (κ3) is 4.14. The number of nitrogens with zero attached hydrogens (tertiary/aromatic N) is 3. The highest BCUT2D eigenvalue weighted by molar-refractivity contribution is 5.84. The van der Waals surface area contributed by atoms with Gasteiger partial charge in [-0.1, -0.05) is 13.8 Å². The van der Waals surface area contributed by atoms with Crippen molar-refractivity contribution in [3.63, 3.8) is 0 Å². The van der Waals surface area contributed by atoms with E-state index < -0.39 is 12.0 Å². The number of carbonyl (C=O) groups is 2. The molecule has 1 fully saturated rings. The minimum absolute atomic E-state index is 0.0610. The van der Waals surface area contributed by atoms with Crippen LogP contribution in [0.5, 0.6) is 0 Å².